The largest absolute Gasteiger partial charge is 0.353 e. The van der Waals surface area contributed by atoms with Crippen LogP contribution < -0.4 is 5.32 Å². The van der Waals surface area contributed by atoms with Gasteiger partial charge in [-0.25, -0.2) is 0 Å². The van der Waals surface area contributed by atoms with E-state index < -0.39 is 6.04 Å². The molecule has 1 aromatic carbocycles. The third-order valence-corrected chi connectivity index (χ3v) is 4.21. The van der Waals surface area contributed by atoms with E-state index in [0.29, 0.717) is 23.9 Å². The van der Waals surface area contributed by atoms with E-state index in [4.69, 9.17) is 0 Å². The third-order valence-electron chi connectivity index (χ3n) is 3.21. The molecule has 0 aliphatic carbocycles. The molecule has 0 aromatic heterocycles. The van der Waals surface area contributed by atoms with Gasteiger partial charge in [-0.1, -0.05) is 19.9 Å². The maximum Gasteiger partial charge on any atom is 0.254 e. The Kier molecular flexibility index (Phi) is 4.70. The van der Waals surface area contributed by atoms with Crippen LogP contribution >= 0.6 is 11.8 Å². The molecule has 1 heterocycles. The zero-order chi connectivity index (χ0) is 14.7. The quantitative estimate of drug-likeness (QED) is 0.868. The van der Waals surface area contributed by atoms with Crippen LogP contribution in [-0.2, 0) is 4.79 Å². The number of thioether (sulfide) groups is 1. The highest BCUT2D eigenvalue weighted by Gasteiger charge is 2.29. The summed E-state index contributed by atoms with van der Waals surface area (Å²) in [6.45, 7) is 7.09. The predicted molar refractivity (Wildman–Crippen MR) is 80.9 cm³/mol. The molecule has 0 bridgehead atoms. The molecule has 1 saturated heterocycles. The lowest BCUT2D eigenvalue weighted by molar-refractivity contribution is -0.127. The predicted octanol–water partition coefficient (Wildman–Crippen LogP) is 2.15. The number of hydrogen-bond donors (Lipinski definition) is 1. The number of carbonyl (C=O) groups excluding carboxylic acids is 2. The van der Waals surface area contributed by atoms with Crippen LogP contribution in [0.4, 0.5) is 0 Å². The second-order valence-electron chi connectivity index (χ2n) is 5.16. The number of benzene rings is 1. The van der Waals surface area contributed by atoms with Crippen molar-refractivity contribution in [3.8, 4) is 0 Å². The summed E-state index contributed by atoms with van der Waals surface area (Å²) in [6.07, 6.45) is 0. The molecule has 20 heavy (non-hydrogen) atoms. The molecule has 4 nitrogen and oxygen atoms in total. The first-order valence-electron chi connectivity index (χ1n) is 6.84. The second-order valence-corrected chi connectivity index (χ2v) is 6.81. The number of rotatable bonds is 3. The van der Waals surface area contributed by atoms with Crippen molar-refractivity contribution in [3.63, 3.8) is 0 Å². The highest BCUT2D eigenvalue weighted by molar-refractivity contribution is 7.99. The summed E-state index contributed by atoms with van der Waals surface area (Å²) < 4.78 is 0. The summed E-state index contributed by atoms with van der Waals surface area (Å²) in [4.78, 5) is 26.9. The summed E-state index contributed by atoms with van der Waals surface area (Å²) in [7, 11) is 0. The normalized spacial score (nSPS) is 19.1. The van der Waals surface area contributed by atoms with Crippen molar-refractivity contribution in [3.05, 3.63) is 29.8 Å². The number of nitrogens with zero attached hydrogens (tertiary/aromatic N) is 1. The molecular formula is C15H20N2O2S. The zero-order valence-electron chi connectivity index (χ0n) is 12.1. The Morgan fingerprint density at radius 3 is 2.90 bits per heavy atom. The summed E-state index contributed by atoms with van der Waals surface area (Å²) >= 11 is 1.73. The number of carbonyl (C=O) groups is 2. The van der Waals surface area contributed by atoms with Crippen molar-refractivity contribution in [2.75, 3.05) is 13.1 Å². The third kappa shape index (κ3) is 3.33. The van der Waals surface area contributed by atoms with Gasteiger partial charge in [-0.05, 0) is 25.1 Å². The highest BCUT2D eigenvalue weighted by atomic mass is 32.2. The fraction of sp³-hybridized carbons (Fsp3) is 0.467. The van der Waals surface area contributed by atoms with Crippen molar-refractivity contribution >= 4 is 23.6 Å². The van der Waals surface area contributed by atoms with E-state index in [0.717, 1.165) is 4.90 Å². The fourth-order valence-corrected chi connectivity index (χ4v) is 3.10. The van der Waals surface area contributed by atoms with Gasteiger partial charge in [-0.3, -0.25) is 9.59 Å². The van der Waals surface area contributed by atoms with Gasteiger partial charge in [0.2, 0.25) is 5.91 Å². The number of nitrogens with one attached hydrogen (secondary N) is 1. The molecule has 5 heteroatoms. The minimum atomic E-state index is -0.405. The van der Waals surface area contributed by atoms with Gasteiger partial charge in [0.05, 0.1) is 0 Å². The van der Waals surface area contributed by atoms with Gasteiger partial charge in [0.15, 0.2) is 0 Å². The minimum Gasteiger partial charge on any atom is -0.353 e. The molecule has 0 saturated carbocycles. The van der Waals surface area contributed by atoms with E-state index in [9.17, 15) is 9.59 Å². The van der Waals surface area contributed by atoms with E-state index in [1.807, 2.05) is 24.3 Å². The molecule has 2 amide bonds. The number of hydrogen-bond acceptors (Lipinski definition) is 3. The van der Waals surface area contributed by atoms with Crippen LogP contribution in [0, 0.1) is 0 Å². The van der Waals surface area contributed by atoms with Crippen LogP contribution in [0.15, 0.2) is 29.2 Å². The van der Waals surface area contributed by atoms with Gasteiger partial charge in [-0.15, -0.1) is 11.8 Å². The first kappa shape index (κ1) is 14.9. The Labute approximate surface area is 123 Å². The Bertz CT molecular complexity index is 516. The molecule has 1 aliphatic rings. The lowest BCUT2D eigenvalue weighted by Crippen LogP contribution is -2.55. The molecular weight excluding hydrogens is 272 g/mol. The highest BCUT2D eigenvalue weighted by Crippen LogP contribution is 2.24. The van der Waals surface area contributed by atoms with Crippen LogP contribution in [0.1, 0.15) is 31.1 Å². The maximum atomic E-state index is 12.5. The van der Waals surface area contributed by atoms with Crippen LogP contribution in [-0.4, -0.2) is 41.1 Å². The first-order valence-corrected chi connectivity index (χ1v) is 7.72. The average molecular weight is 292 g/mol. The SMILES string of the molecule is CC(C)Sc1cccc(C(=O)N2CCNC(=O)C2C)c1. The van der Waals surface area contributed by atoms with Crippen molar-refractivity contribution in [1.29, 1.82) is 0 Å². The topological polar surface area (TPSA) is 49.4 Å². The molecule has 2 rings (SSSR count). The molecule has 0 radical (unpaired) electrons. The molecule has 1 unspecified atom stereocenters. The van der Waals surface area contributed by atoms with Crippen LogP contribution in [0.5, 0.6) is 0 Å². The van der Waals surface area contributed by atoms with Crippen LogP contribution in [0.25, 0.3) is 0 Å². The van der Waals surface area contributed by atoms with Crippen molar-refractivity contribution in [1.82, 2.24) is 10.2 Å². The van der Waals surface area contributed by atoms with E-state index in [1.54, 1.807) is 23.6 Å². The maximum absolute atomic E-state index is 12.5. The van der Waals surface area contributed by atoms with Gasteiger partial charge in [0.1, 0.15) is 6.04 Å². The molecule has 1 N–H and O–H groups in total. The van der Waals surface area contributed by atoms with E-state index in [-0.39, 0.29) is 11.8 Å². The summed E-state index contributed by atoms with van der Waals surface area (Å²) in [6, 6.07) is 7.22. The van der Waals surface area contributed by atoms with Crippen molar-refractivity contribution in [2.24, 2.45) is 0 Å². The fourth-order valence-electron chi connectivity index (χ4n) is 2.20. The molecule has 1 fully saturated rings. The Morgan fingerprint density at radius 1 is 1.45 bits per heavy atom. The van der Waals surface area contributed by atoms with Gasteiger partial charge in [0, 0.05) is 28.8 Å². The summed E-state index contributed by atoms with van der Waals surface area (Å²) in [5.74, 6) is -0.157. The zero-order valence-corrected chi connectivity index (χ0v) is 12.9. The molecule has 0 spiro atoms. The van der Waals surface area contributed by atoms with Crippen LogP contribution in [0.3, 0.4) is 0 Å². The number of amides is 2. The first-order chi connectivity index (χ1) is 9.49. The summed E-state index contributed by atoms with van der Waals surface area (Å²) in [5.41, 5.74) is 0.650. The molecule has 1 aliphatic heterocycles. The Hall–Kier alpha value is -1.49. The van der Waals surface area contributed by atoms with Crippen molar-refractivity contribution < 1.29 is 9.59 Å². The minimum absolute atomic E-state index is 0.0708. The standard InChI is InChI=1S/C15H20N2O2S/c1-10(2)20-13-6-4-5-12(9-13)15(19)17-8-7-16-14(18)11(17)3/h4-6,9-11H,7-8H2,1-3H3,(H,16,18). The second kappa shape index (κ2) is 6.31. The Morgan fingerprint density at radius 2 is 2.20 bits per heavy atom. The molecule has 1 aromatic rings. The molecule has 108 valence electrons. The van der Waals surface area contributed by atoms with Gasteiger partial charge in [-0.2, -0.15) is 0 Å². The molecule has 1 atom stereocenters. The van der Waals surface area contributed by atoms with Crippen LogP contribution in [0.2, 0.25) is 0 Å². The monoisotopic (exact) mass is 292 g/mol. The van der Waals surface area contributed by atoms with E-state index >= 15 is 0 Å². The van der Waals surface area contributed by atoms with Crippen molar-refractivity contribution in [2.45, 2.75) is 37.0 Å². The van der Waals surface area contributed by atoms with E-state index in [1.165, 1.54) is 0 Å². The summed E-state index contributed by atoms with van der Waals surface area (Å²) in [5, 5.41) is 3.24. The van der Waals surface area contributed by atoms with Gasteiger partial charge < -0.3 is 10.2 Å². The lowest BCUT2D eigenvalue weighted by atomic mass is 10.1. The smallest absolute Gasteiger partial charge is 0.254 e. The average Bonchev–Trinajstić information content (AvgIpc) is 2.41. The van der Waals surface area contributed by atoms with E-state index in [2.05, 4.69) is 19.2 Å². The Balaban J connectivity index is 2.18. The lowest BCUT2D eigenvalue weighted by Gasteiger charge is -2.32. The van der Waals surface area contributed by atoms with Gasteiger partial charge in [0.25, 0.3) is 5.91 Å². The van der Waals surface area contributed by atoms with Gasteiger partial charge >= 0.3 is 0 Å². The number of piperazine rings is 1.